The zero-order valence-corrected chi connectivity index (χ0v) is 17.8. The molecule has 2 aromatic rings. The minimum absolute atomic E-state index is 0.000479. The minimum Gasteiger partial charge on any atom is -0.324 e. The first kappa shape index (κ1) is 21.1. The van der Waals surface area contributed by atoms with Gasteiger partial charge in [0.15, 0.2) is 7.28 Å². The van der Waals surface area contributed by atoms with Crippen LogP contribution in [0.15, 0.2) is 30.5 Å². The van der Waals surface area contributed by atoms with Gasteiger partial charge in [0.05, 0.1) is 0 Å². The van der Waals surface area contributed by atoms with Crippen LogP contribution in [0.4, 0.5) is 23.1 Å². The van der Waals surface area contributed by atoms with Crippen LogP contribution in [-0.2, 0) is 4.79 Å². The van der Waals surface area contributed by atoms with Gasteiger partial charge < -0.3 is 10.2 Å². The fourth-order valence-corrected chi connectivity index (χ4v) is 3.63. The fraction of sp³-hybridized carbons (Fsp3) is 0.476. The summed E-state index contributed by atoms with van der Waals surface area (Å²) in [5.74, 6) is 1.46. The number of benzene rings is 1. The lowest BCUT2D eigenvalue weighted by molar-refractivity contribution is -0.116. The quantitative estimate of drug-likeness (QED) is 0.531. The second-order valence-electron chi connectivity index (χ2n) is 7.33. The number of nitrogens with zero attached hydrogens (tertiary/aromatic N) is 4. The molecular weight excluding hydrogens is 363 g/mol. The average Bonchev–Trinajstić information content (AvgIpc) is 3.26. The number of carbonyl (C=O) groups is 1. The maximum absolute atomic E-state index is 11.5. The van der Waals surface area contributed by atoms with E-state index in [1.165, 1.54) is 25.7 Å². The molecule has 0 bridgehead atoms. The Morgan fingerprint density at radius 1 is 1.24 bits per heavy atom. The predicted octanol–water partition coefficient (Wildman–Crippen LogP) is 2.85. The van der Waals surface area contributed by atoms with Crippen molar-refractivity contribution in [1.29, 1.82) is 0 Å². The van der Waals surface area contributed by atoms with Crippen molar-refractivity contribution >= 4 is 41.8 Å². The van der Waals surface area contributed by atoms with Gasteiger partial charge in [-0.2, -0.15) is 4.98 Å². The molecule has 8 heteroatoms. The van der Waals surface area contributed by atoms with Crippen LogP contribution in [0.5, 0.6) is 0 Å². The number of nitrogens with one attached hydrogen (secondary N) is 2. The summed E-state index contributed by atoms with van der Waals surface area (Å²) in [6.45, 7) is 6.52. The summed E-state index contributed by atoms with van der Waals surface area (Å²) in [5.41, 5.74) is 6.23. The molecule has 2 N–H and O–H groups in total. The smallest absolute Gasteiger partial charge is 0.229 e. The highest BCUT2D eigenvalue weighted by Crippen LogP contribution is 2.26. The monoisotopic (exact) mass is 393 g/mol. The third-order valence-electron chi connectivity index (χ3n) is 5.34. The van der Waals surface area contributed by atoms with Crippen molar-refractivity contribution in [3.8, 4) is 0 Å². The molecule has 1 aromatic carbocycles. The van der Waals surface area contributed by atoms with E-state index in [0.29, 0.717) is 12.0 Å². The third-order valence-corrected chi connectivity index (χ3v) is 5.34. The Labute approximate surface area is 174 Å². The summed E-state index contributed by atoms with van der Waals surface area (Å²) in [7, 11) is 3.81. The molecule has 0 unspecified atom stereocenters. The van der Waals surface area contributed by atoms with Crippen LogP contribution in [0.1, 0.15) is 39.5 Å². The molecule has 153 valence electrons. The van der Waals surface area contributed by atoms with E-state index in [2.05, 4.69) is 27.7 Å². The van der Waals surface area contributed by atoms with Gasteiger partial charge in [0.1, 0.15) is 5.82 Å². The Morgan fingerprint density at radius 2 is 1.93 bits per heavy atom. The van der Waals surface area contributed by atoms with Crippen LogP contribution < -0.4 is 26.1 Å². The Hall–Kier alpha value is -2.61. The van der Waals surface area contributed by atoms with Crippen LogP contribution in [0.25, 0.3) is 0 Å². The van der Waals surface area contributed by atoms with Crippen molar-refractivity contribution in [2.75, 3.05) is 28.8 Å². The van der Waals surface area contributed by atoms with Crippen molar-refractivity contribution in [2.45, 2.75) is 52.4 Å². The Morgan fingerprint density at radius 3 is 2.52 bits per heavy atom. The van der Waals surface area contributed by atoms with Gasteiger partial charge in [0.2, 0.25) is 11.9 Å². The summed E-state index contributed by atoms with van der Waals surface area (Å²) >= 11 is 0. The van der Waals surface area contributed by atoms with Gasteiger partial charge in [-0.3, -0.25) is 9.80 Å². The first-order valence-corrected chi connectivity index (χ1v) is 10.3. The molecule has 1 aliphatic rings. The molecule has 1 amide bonds. The van der Waals surface area contributed by atoms with E-state index >= 15 is 0 Å². The minimum atomic E-state index is 0.000479. The lowest BCUT2D eigenvalue weighted by Gasteiger charge is -2.31. The van der Waals surface area contributed by atoms with Gasteiger partial charge in [-0.1, -0.05) is 26.6 Å². The molecular formula is C21H30BN6O. The van der Waals surface area contributed by atoms with E-state index < -0.39 is 0 Å². The van der Waals surface area contributed by atoms with Gasteiger partial charge >= 0.3 is 0 Å². The highest BCUT2D eigenvalue weighted by molar-refractivity contribution is 6.53. The molecule has 1 aromatic heterocycles. The molecule has 1 aliphatic carbocycles. The van der Waals surface area contributed by atoms with Crippen LogP contribution in [0.2, 0.25) is 6.82 Å². The highest BCUT2D eigenvalue weighted by Gasteiger charge is 2.25. The molecule has 29 heavy (non-hydrogen) atoms. The van der Waals surface area contributed by atoms with Crippen LogP contribution in [0, 0.1) is 0 Å². The number of carbonyl (C=O) groups excluding carboxylic acids is 1. The van der Waals surface area contributed by atoms with Crippen LogP contribution >= 0.6 is 0 Å². The first-order chi connectivity index (χ1) is 14.0. The number of rotatable bonds is 8. The summed E-state index contributed by atoms with van der Waals surface area (Å²) in [6, 6.07) is 8.12. The number of hydrogen-bond acceptors (Lipinski definition) is 6. The molecule has 1 fully saturated rings. The molecule has 1 heterocycles. The summed E-state index contributed by atoms with van der Waals surface area (Å²) in [4.78, 5) is 22.5. The lowest BCUT2D eigenvalue weighted by Crippen LogP contribution is -2.48. The van der Waals surface area contributed by atoms with E-state index in [0.717, 1.165) is 29.2 Å². The maximum Gasteiger partial charge on any atom is 0.229 e. The molecule has 0 spiro atoms. The number of aromatic nitrogens is 2. The molecule has 0 aliphatic heterocycles. The molecule has 1 radical (unpaired) electrons. The highest BCUT2D eigenvalue weighted by atomic mass is 16.2. The summed E-state index contributed by atoms with van der Waals surface area (Å²) in [6.07, 6.45) is 6.73. The second-order valence-corrected chi connectivity index (χ2v) is 7.33. The number of anilines is 4. The largest absolute Gasteiger partial charge is 0.324 e. The molecule has 7 nitrogen and oxygen atoms in total. The molecule has 0 saturated heterocycles. The number of hydrogen-bond donors (Lipinski definition) is 2. The Bertz CT molecular complexity index is 822. The molecule has 1 saturated carbocycles. The van der Waals surface area contributed by atoms with Crippen molar-refractivity contribution in [2.24, 2.45) is 0 Å². The Balaban J connectivity index is 1.83. The normalized spacial score (nSPS) is 13.9. The molecule has 3 rings (SSSR count). The third kappa shape index (κ3) is 5.06. The van der Waals surface area contributed by atoms with Crippen molar-refractivity contribution in [1.82, 2.24) is 15.4 Å². The van der Waals surface area contributed by atoms with Crippen LogP contribution in [-0.4, -0.2) is 42.8 Å². The standard InChI is InChI=1S/C21H30BN6O/c1-5-24-28(18-8-6-7-9-18)20-19(22-3)14-23-21(26-20)25-16-10-12-17(13-11-16)27(4)15(2)29/h10-14,18,24H,5-9H2,1-4H3,(H,23,25,26). The summed E-state index contributed by atoms with van der Waals surface area (Å²) in [5, 5.41) is 5.51. The zero-order chi connectivity index (χ0) is 20.8. The van der Waals surface area contributed by atoms with Crippen LogP contribution in [0.3, 0.4) is 0 Å². The maximum atomic E-state index is 11.5. The summed E-state index contributed by atoms with van der Waals surface area (Å²) < 4.78 is 0. The van der Waals surface area contributed by atoms with Gasteiger partial charge in [-0.15, -0.1) is 0 Å². The van der Waals surface area contributed by atoms with E-state index in [-0.39, 0.29) is 5.91 Å². The van der Waals surface area contributed by atoms with E-state index in [1.54, 1.807) is 18.9 Å². The van der Waals surface area contributed by atoms with Crippen molar-refractivity contribution in [3.05, 3.63) is 30.5 Å². The van der Waals surface area contributed by atoms with E-state index in [4.69, 9.17) is 4.98 Å². The van der Waals surface area contributed by atoms with Crippen molar-refractivity contribution in [3.63, 3.8) is 0 Å². The SMILES string of the molecule is C[B]c1cnc(Nc2ccc(N(C)C(C)=O)cc2)nc1N(NCC)C1CCCC1. The van der Waals surface area contributed by atoms with E-state index in [1.807, 2.05) is 44.6 Å². The second kappa shape index (κ2) is 9.74. The van der Waals surface area contributed by atoms with Crippen molar-refractivity contribution < 1.29 is 4.79 Å². The van der Waals surface area contributed by atoms with Gasteiger partial charge in [-0.25, -0.2) is 10.4 Å². The van der Waals surface area contributed by atoms with Gasteiger partial charge in [-0.05, 0) is 42.6 Å². The van der Waals surface area contributed by atoms with Gasteiger partial charge in [0, 0.05) is 44.1 Å². The average molecular weight is 393 g/mol. The molecule has 0 atom stereocenters. The number of hydrazine groups is 1. The fourth-order valence-electron chi connectivity index (χ4n) is 3.63. The van der Waals surface area contributed by atoms with E-state index in [9.17, 15) is 4.79 Å². The Kier molecular flexibility index (Phi) is 7.09. The first-order valence-electron chi connectivity index (χ1n) is 10.3. The lowest BCUT2D eigenvalue weighted by atomic mass is 9.74. The topological polar surface area (TPSA) is 73.4 Å². The van der Waals surface area contributed by atoms with Gasteiger partial charge in [0.25, 0.3) is 0 Å². The zero-order valence-electron chi connectivity index (χ0n) is 17.8. The number of amides is 1. The predicted molar refractivity (Wildman–Crippen MR) is 121 cm³/mol.